The summed E-state index contributed by atoms with van der Waals surface area (Å²) >= 11 is 5.90. The van der Waals surface area contributed by atoms with Crippen molar-refractivity contribution >= 4 is 28.6 Å². The first-order valence-corrected chi connectivity index (χ1v) is 7.98. The van der Waals surface area contributed by atoms with E-state index in [0.29, 0.717) is 11.6 Å². The van der Waals surface area contributed by atoms with Gasteiger partial charge in [0.1, 0.15) is 24.2 Å². The normalized spacial score (nSPS) is 17.8. The van der Waals surface area contributed by atoms with Gasteiger partial charge in [-0.05, 0) is 37.1 Å². The number of ether oxygens (including phenoxy) is 1. The van der Waals surface area contributed by atoms with Gasteiger partial charge >= 0.3 is 0 Å². The molecular weight excluding hydrogens is 314 g/mol. The van der Waals surface area contributed by atoms with Crippen LogP contribution in [0.15, 0.2) is 36.9 Å². The van der Waals surface area contributed by atoms with Gasteiger partial charge in [-0.1, -0.05) is 11.6 Å². The summed E-state index contributed by atoms with van der Waals surface area (Å²) < 4.78 is 5.92. The van der Waals surface area contributed by atoms with E-state index in [1.54, 1.807) is 12.7 Å². The fraction of sp³-hybridized carbons (Fsp3) is 0.312. The van der Waals surface area contributed by atoms with Gasteiger partial charge in [0.25, 0.3) is 0 Å². The molecule has 0 amide bonds. The fourth-order valence-electron chi connectivity index (χ4n) is 2.97. The molecule has 1 fully saturated rings. The molecule has 1 aliphatic rings. The van der Waals surface area contributed by atoms with Crippen LogP contribution in [0.1, 0.15) is 12.8 Å². The second kappa shape index (κ2) is 6.04. The number of nitrogens with zero attached hydrogens (tertiary/aromatic N) is 4. The van der Waals surface area contributed by atoms with E-state index < -0.39 is 0 Å². The van der Waals surface area contributed by atoms with Crippen LogP contribution in [0.5, 0.6) is 5.75 Å². The highest BCUT2D eigenvalue weighted by Gasteiger charge is 2.28. The second-order valence-electron chi connectivity index (χ2n) is 5.55. The highest BCUT2D eigenvalue weighted by atomic mass is 35.5. The van der Waals surface area contributed by atoms with Crippen molar-refractivity contribution in [1.29, 1.82) is 0 Å². The Morgan fingerprint density at radius 1 is 1.22 bits per heavy atom. The smallest absolute Gasteiger partial charge is 0.162 e. The number of fused-ring (bicyclic) bond motifs is 1. The summed E-state index contributed by atoms with van der Waals surface area (Å²) in [6, 6.07) is 7.72. The van der Waals surface area contributed by atoms with E-state index in [1.165, 1.54) is 0 Å². The molecule has 3 heterocycles. The summed E-state index contributed by atoms with van der Waals surface area (Å²) in [5.74, 6) is 1.70. The first-order valence-electron chi connectivity index (χ1n) is 7.60. The lowest BCUT2D eigenvalue weighted by atomic mass is 10.2. The van der Waals surface area contributed by atoms with Crippen LogP contribution in [0.3, 0.4) is 0 Å². The molecule has 1 aromatic carbocycles. The third-order valence-corrected chi connectivity index (χ3v) is 4.36. The van der Waals surface area contributed by atoms with Crippen molar-refractivity contribution in [2.24, 2.45) is 0 Å². The molecule has 7 heteroatoms. The van der Waals surface area contributed by atoms with Crippen molar-refractivity contribution in [1.82, 2.24) is 19.9 Å². The van der Waals surface area contributed by atoms with Gasteiger partial charge in [-0.15, -0.1) is 0 Å². The third kappa shape index (κ3) is 2.82. The summed E-state index contributed by atoms with van der Waals surface area (Å²) in [6.07, 6.45) is 5.41. The van der Waals surface area contributed by atoms with Gasteiger partial charge in [-0.25, -0.2) is 15.0 Å². The van der Waals surface area contributed by atoms with E-state index in [9.17, 15) is 0 Å². The minimum Gasteiger partial charge on any atom is -0.491 e. The maximum Gasteiger partial charge on any atom is 0.162 e. The van der Waals surface area contributed by atoms with Gasteiger partial charge in [0.2, 0.25) is 0 Å². The summed E-state index contributed by atoms with van der Waals surface area (Å²) in [5, 5.41) is 0.710. The number of H-pyrrole nitrogens is 1. The molecule has 6 nitrogen and oxygen atoms in total. The topological polar surface area (TPSA) is 66.9 Å². The van der Waals surface area contributed by atoms with Crippen LogP contribution < -0.4 is 9.64 Å². The molecule has 23 heavy (non-hydrogen) atoms. The Hall–Kier alpha value is -2.34. The maximum atomic E-state index is 5.92. The molecule has 1 atom stereocenters. The molecule has 1 aliphatic heterocycles. The number of rotatable bonds is 4. The molecule has 1 saturated heterocycles. The summed E-state index contributed by atoms with van der Waals surface area (Å²) in [7, 11) is 0. The van der Waals surface area contributed by atoms with Gasteiger partial charge in [-0.2, -0.15) is 0 Å². The van der Waals surface area contributed by atoms with Crippen molar-refractivity contribution in [3.8, 4) is 5.75 Å². The van der Waals surface area contributed by atoms with Crippen LogP contribution in [0.4, 0.5) is 5.82 Å². The van der Waals surface area contributed by atoms with Crippen LogP contribution in [0.25, 0.3) is 11.2 Å². The molecule has 0 saturated carbocycles. The molecule has 0 aliphatic carbocycles. The third-order valence-electron chi connectivity index (χ3n) is 4.10. The molecule has 1 N–H and O–H groups in total. The quantitative estimate of drug-likeness (QED) is 0.796. The molecule has 118 valence electrons. The Balaban J connectivity index is 1.52. The number of nitrogens with one attached hydrogen (secondary N) is 1. The largest absolute Gasteiger partial charge is 0.491 e. The number of aromatic nitrogens is 4. The van der Waals surface area contributed by atoms with Gasteiger partial charge in [0.05, 0.1) is 12.4 Å². The standard InChI is InChI=1S/C16H16ClN5O/c17-11-3-5-13(6-4-11)23-8-12-2-1-7-22(12)16-14-15(19-9-18-14)20-10-21-16/h3-6,9-10,12H,1-2,7-8H2,(H,18,19,20,21)/t12-/m1/s1. The minimum absolute atomic E-state index is 0.278. The van der Waals surface area contributed by atoms with Crippen molar-refractivity contribution in [2.75, 3.05) is 18.1 Å². The number of hydrogen-bond acceptors (Lipinski definition) is 5. The van der Waals surface area contributed by atoms with Gasteiger partial charge in [-0.3, -0.25) is 0 Å². The zero-order chi connectivity index (χ0) is 15.6. The molecule has 3 aromatic rings. The maximum absolute atomic E-state index is 5.92. The highest BCUT2D eigenvalue weighted by molar-refractivity contribution is 6.30. The molecule has 0 bridgehead atoms. The van der Waals surface area contributed by atoms with Crippen LogP contribution in [0.2, 0.25) is 5.02 Å². The van der Waals surface area contributed by atoms with Crippen LogP contribution >= 0.6 is 11.6 Å². The number of benzene rings is 1. The van der Waals surface area contributed by atoms with E-state index in [0.717, 1.165) is 42.1 Å². The highest BCUT2D eigenvalue weighted by Crippen LogP contribution is 2.28. The molecule has 0 unspecified atom stereocenters. The molecule has 0 spiro atoms. The number of halogens is 1. The Kier molecular flexibility index (Phi) is 3.75. The number of anilines is 1. The Morgan fingerprint density at radius 3 is 2.96 bits per heavy atom. The van der Waals surface area contributed by atoms with Crippen LogP contribution in [0, 0.1) is 0 Å². The number of imidazole rings is 1. The lowest BCUT2D eigenvalue weighted by molar-refractivity contribution is 0.288. The zero-order valence-corrected chi connectivity index (χ0v) is 13.2. The van der Waals surface area contributed by atoms with E-state index in [4.69, 9.17) is 16.3 Å². The Labute approximate surface area is 138 Å². The van der Waals surface area contributed by atoms with Crippen LogP contribution in [-0.4, -0.2) is 39.1 Å². The Bertz CT molecular complexity index is 804. The lowest BCUT2D eigenvalue weighted by Crippen LogP contribution is -2.35. The average molecular weight is 330 g/mol. The van der Waals surface area contributed by atoms with Crippen molar-refractivity contribution in [2.45, 2.75) is 18.9 Å². The predicted molar refractivity (Wildman–Crippen MR) is 89.0 cm³/mol. The SMILES string of the molecule is Clc1ccc(OC[C@H]2CCCN2c2ncnc3[nH]cnc23)cc1. The van der Waals surface area contributed by atoms with Gasteiger partial charge in [0, 0.05) is 11.6 Å². The number of aromatic amines is 1. The lowest BCUT2D eigenvalue weighted by Gasteiger charge is -2.25. The summed E-state index contributed by atoms with van der Waals surface area (Å²) in [4.78, 5) is 18.3. The molecule has 2 aromatic heterocycles. The molecule has 0 radical (unpaired) electrons. The van der Waals surface area contributed by atoms with E-state index in [2.05, 4.69) is 24.8 Å². The van der Waals surface area contributed by atoms with E-state index >= 15 is 0 Å². The first-order chi connectivity index (χ1) is 11.3. The minimum atomic E-state index is 0.278. The number of hydrogen-bond donors (Lipinski definition) is 1. The van der Waals surface area contributed by atoms with E-state index in [1.807, 2.05) is 24.3 Å². The second-order valence-corrected chi connectivity index (χ2v) is 5.99. The van der Waals surface area contributed by atoms with Gasteiger partial charge < -0.3 is 14.6 Å². The molecule has 4 rings (SSSR count). The van der Waals surface area contributed by atoms with Crippen molar-refractivity contribution in [3.63, 3.8) is 0 Å². The summed E-state index contributed by atoms with van der Waals surface area (Å²) in [5.41, 5.74) is 1.57. The van der Waals surface area contributed by atoms with E-state index in [-0.39, 0.29) is 6.04 Å². The monoisotopic (exact) mass is 329 g/mol. The Morgan fingerprint density at radius 2 is 2.09 bits per heavy atom. The first kappa shape index (κ1) is 14.3. The van der Waals surface area contributed by atoms with Crippen LogP contribution in [-0.2, 0) is 0 Å². The van der Waals surface area contributed by atoms with Crippen molar-refractivity contribution < 1.29 is 4.74 Å². The average Bonchev–Trinajstić information content (AvgIpc) is 3.23. The fourth-order valence-corrected chi connectivity index (χ4v) is 3.10. The zero-order valence-electron chi connectivity index (χ0n) is 12.4. The summed E-state index contributed by atoms with van der Waals surface area (Å²) in [6.45, 7) is 1.56. The van der Waals surface area contributed by atoms with Gasteiger partial charge in [0.15, 0.2) is 11.5 Å². The molecular formula is C16H16ClN5O. The van der Waals surface area contributed by atoms with Crippen molar-refractivity contribution in [3.05, 3.63) is 41.9 Å². The predicted octanol–water partition coefficient (Wildman–Crippen LogP) is 3.05.